The second-order valence-electron chi connectivity index (χ2n) is 4.77. The van der Waals surface area contributed by atoms with Gasteiger partial charge in [-0.25, -0.2) is 0 Å². The SMILES string of the molecule is CC(N)c1cc(C(C)(C)C)ccc1Cl. The van der Waals surface area contributed by atoms with Crippen molar-refractivity contribution in [1.29, 1.82) is 0 Å². The number of rotatable bonds is 1. The zero-order chi connectivity index (χ0) is 10.9. The molecule has 78 valence electrons. The lowest BCUT2D eigenvalue weighted by atomic mass is 9.85. The molecule has 1 aromatic carbocycles. The van der Waals surface area contributed by atoms with Crippen LogP contribution < -0.4 is 5.73 Å². The van der Waals surface area contributed by atoms with Gasteiger partial charge in [-0.15, -0.1) is 0 Å². The Hall–Kier alpha value is -0.530. The molecule has 0 bridgehead atoms. The summed E-state index contributed by atoms with van der Waals surface area (Å²) in [6.45, 7) is 8.50. The Balaban J connectivity index is 3.20. The maximum atomic E-state index is 6.06. The van der Waals surface area contributed by atoms with Crippen LogP contribution in [0.1, 0.15) is 44.9 Å². The molecule has 0 radical (unpaired) electrons. The van der Waals surface area contributed by atoms with Crippen LogP contribution in [0.2, 0.25) is 5.02 Å². The lowest BCUT2D eigenvalue weighted by Crippen LogP contribution is -2.13. The zero-order valence-corrected chi connectivity index (χ0v) is 10.0. The monoisotopic (exact) mass is 211 g/mol. The fourth-order valence-electron chi connectivity index (χ4n) is 1.36. The lowest BCUT2D eigenvalue weighted by molar-refractivity contribution is 0.588. The molecule has 1 nitrogen and oxygen atoms in total. The third-order valence-corrected chi connectivity index (χ3v) is 2.70. The molecular weight excluding hydrogens is 194 g/mol. The molecule has 1 atom stereocenters. The molecule has 1 unspecified atom stereocenters. The number of nitrogens with two attached hydrogens (primary N) is 1. The first-order chi connectivity index (χ1) is 6.32. The predicted octanol–water partition coefficient (Wildman–Crippen LogP) is 3.66. The maximum absolute atomic E-state index is 6.06. The molecule has 14 heavy (non-hydrogen) atoms. The minimum atomic E-state index is -0.00944. The smallest absolute Gasteiger partial charge is 0.0453 e. The highest BCUT2D eigenvalue weighted by molar-refractivity contribution is 6.31. The lowest BCUT2D eigenvalue weighted by Gasteiger charge is -2.21. The van der Waals surface area contributed by atoms with Crippen LogP contribution in [0.3, 0.4) is 0 Å². The minimum Gasteiger partial charge on any atom is -0.324 e. The van der Waals surface area contributed by atoms with Crippen LogP contribution in [0.4, 0.5) is 0 Å². The van der Waals surface area contributed by atoms with Crippen LogP contribution in [0.15, 0.2) is 18.2 Å². The summed E-state index contributed by atoms with van der Waals surface area (Å²) in [6, 6.07) is 6.09. The molecule has 0 heterocycles. The van der Waals surface area contributed by atoms with Gasteiger partial charge in [0.15, 0.2) is 0 Å². The fraction of sp³-hybridized carbons (Fsp3) is 0.500. The summed E-state index contributed by atoms with van der Waals surface area (Å²) in [5.41, 5.74) is 8.29. The van der Waals surface area contributed by atoms with E-state index in [1.807, 2.05) is 13.0 Å². The van der Waals surface area contributed by atoms with Crippen molar-refractivity contribution < 1.29 is 0 Å². The normalized spacial score (nSPS) is 14.1. The van der Waals surface area contributed by atoms with E-state index in [4.69, 9.17) is 17.3 Å². The average Bonchev–Trinajstić information content (AvgIpc) is 2.02. The second kappa shape index (κ2) is 3.92. The fourth-order valence-corrected chi connectivity index (χ4v) is 1.65. The van der Waals surface area contributed by atoms with Crippen molar-refractivity contribution in [2.45, 2.75) is 39.2 Å². The quantitative estimate of drug-likeness (QED) is 0.754. The Morgan fingerprint density at radius 1 is 1.29 bits per heavy atom. The third kappa shape index (κ3) is 2.49. The predicted molar refractivity (Wildman–Crippen MR) is 62.8 cm³/mol. The molecule has 0 aliphatic carbocycles. The Kier molecular flexibility index (Phi) is 3.23. The second-order valence-corrected chi connectivity index (χ2v) is 5.18. The van der Waals surface area contributed by atoms with Crippen LogP contribution in [-0.2, 0) is 5.41 Å². The molecule has 2 heteroatoms. The summed E-state index contributed by atoms with van der Waals surface area (Å²) in [7, 11) is 0. The zero-order valence-electron chi connectivity index (χ0n) is 9.26. The van der Waals surface area contributed by atoms with Gasteiger partial charge >= 0.3 is 0 Å². The van der Waals surface area contributed by atoms with E-state index in [9.17, 15) is 0 Å². The molecule has 0 aliphatic rings. The molecule has 0 spiro atoms. The molecule has 2 N–H and O–H groups in total. The molecule has 1 aromatic rings. The molecule has 0 saturated carbocycles. The van der Waals surface area contributed by atoms with Gasteiger partial charge in [0.05, 0.1) is 0 Å². The molecule has 0 aliphatic heterocycles. The summed E-state index contributed by atoms with van der Waals surface area (Å²) in [6.07, 6.45) is 0. The first-order valence-electron chi connectivity index (χ1n) is 4.88. The van der Waals surface area contributed by atoms with E-state index in [2.05, 4.69) is 32.9 Å². The van der Waals surface area contributed by atoms with E-state index in [0.29, 0.717) is 0 Å². The Bertz CT molecular complexity index is 324. The van der Waals surface area contributed by atoms with Gasteiger partial charge in [-0.05, 0) is 29.5 Å². The summed E-state index contributed by atoms with van der Waals surface area (Å²) in [5, 5.41) is 0.757. The van der Waals surface area contributed by atoms with Gasteiger partial charge in [-0.3, -0.25) is 0 Å². The molecule has 0 saturated heterocycles. The van der Waals surface area contributed by atoms with Crippen molar-refractivity contribution in [2.75, 3.05) is 0 Å². The molecule has 0 aromatic heterocycles. The first kappa shape index (κ1) is 11.5. The van der Waals surface area contributed by atoms with E-state index >= 15 is 0 Å². The Morgan fingerprint density at radius 2 is 1.86 bits per heavy atom. The van der Waals surface area contributed by atoms with E-state index in [1.54, 1.807) is 0 Å². The van der Waals surface area contributed by atoms with Gasteiger partial charge in [0, 0.05) is 11.1 Å². The van der Waals surface area contributed by atoms with Crippen molar-refractivity contribution in [3.05, 3.63) is 34.3 Å². The summed E-state index contributed by atoms with van der Waals surface area (Å²) in [4.78, 5) is 0. The topological polar surface area (TPSA) is 26.0 Å². The highest BCUT2D eigenvalue weighted by atomic mass is 35.5. The first-order valence-corrected chi connectivity index (χ1v) is 5.25. The number of hydrogen-bond donors (Lipinski definition) is 1. The minimum absolute atomic E-state index is 0.00944. The van der Waals surface area contributed by atoms with Crippen LogP contribution >= 0.6 is 11.6 Å². The average molecular weight is 212 g/mol. The Morgan fingerprint density at radius 3 is 2.29 bits per heavy atom. The largest absolute Gasteiger partial charge is 0.324 e. The van der Waals surface area contributed by atoms with Crippen molar-refractivity contribution in [3.8, 4) is 0 Å². The highest BCUT2D eigenvalue weighted by Gasteiger charge is 2.16. The van der Waals surface area contributed by atoms with E-state index in [1.165, 1.54) is 5.56 Å². The van der Waals surface area contributed by atoms with Gasteiger partial charge < -0.3 is 5.73 Å². The number of halogens is 1. The van der Waals surface area contributed by atoms with E-state index < -0.39 is 0 Å². The molecule has 0 amide bonds. The van der Waals surface area contributed by atoms with Crippen LogP contribution in [0.5, 0.6) is 0 Å². The molecule has 1 rings (SSSR count). The van der Waals surface area contributed by atoms with Crippen LogP contribution in [0, 0.1) is 0 Å². The van der Waals surface area contributed by atoms with Gasteiger partial charge in [-0.2, -0.15) is 0 Å². The van der Waals surface area contributed by atoms with Crippen molar-refractivity contribution in [1.82, 2.24) is 0 Å². The third-order valence-electron chi connectivity index (χ3n) is 2.35. The van der Waals surface area contributed by atoms with E-state index in [-0.39, 0.29) is 11.5 Å². The van der Waals surface area contributed by atoms with E-state index in [0.717, 1.165) is 10.6 Å². The van der Waals surface area contributed by atoms with Crippen LogP contribution in [-0.4, -0.2) is 0 Å². The Labute approximate surface area is 91.3 Å². The highest BCUT2D eigenvalue weighted by Crippen LogP contribution is 2.29. The summed E-state index contributed by atoms with van der Waals surface area (Å²) in [5.74, 6) is 0. The van der Waals surface area contributed by atoms with Gasteiger partial charge in [0.25, 0.3) is 0 Å². The number of hydrogen-bond acceptors (Lipinski definition) is 1. The summed E-state index contributed by atoms with van der Waals surface area (Å²) < 4.78 is 0. The van der Waals surface area contributed by atoms with Gasteiger partial charge in [0.1, 0.15) is 0 Å². The standard InChI is InChI=1S/C12H18ClN/c1-8(14)10-7-9(12(2,3)4)5-6-11(10)13/h5-8H,14H2,1-4H3. The molecule has 0 fully saturated rings. The number of benzene rings is 1. The van der Waals surface area contributed by atoms with Gasteiger partial charge in [0.2, 0.25) is 0 Å². The van der Waals surface area contributed by atoms with Crippen molar-refractivity contribution >= 4 is 11.6 Å². The van der Waals surface area contributed by atoms with Crippen molar-refractivity contribution in [3.63, 3.8) is 0 Å². The van der Waals surface area contributed by atoms with Gasteiger partial charge in [-0.1, -0.05) is 44.5 Å². The maximum Gasteiger partial charge on any atom is 0.0453 e. The van der Waals surface area contributed by atoms with Crippen LogP contribution in [0.25, 0.3) is 0 Å². The summed E-state index contributed by atoms with van der Waals surface area (Å²) >= 11 is 6.06. The van der Waals surface area contributed by atoms with Crippen molar-refractivity contribution in [2.24, 2.45) is 5.73 Å². The molecular formula is C12H18ClN.